The van der Waals surface area contributed by atoms with Crippen molar-refractivity contribution in [2.24, 2.45) is 0 Å². The number of hydrogen-bond acceptors (Lipinski definition) is 8. The summed E-state index contributed by atoms with van der Waals surface area (Å²) < 4.78 is 44.4. The first kappa shape index (κ1) is 35.5. The standard InChI is InChI=1S/C12H12N2O2.C12H18.H2O4S.H2O.Ru/c1-15-9-3-5-13-11(7-9)12-8-10(16-2)4-6-14-12;1-7-8(2)10(4)12(6)11(5)9(7)3;1-5(2,3)4;;/h3-8H,1-2H3;1-6H3;(H2,1,2,3,4);1H2;/q;;;;+2/p-2. The van der Waals surface area contributed by atoms with Crippen LogP contribution in [0.1, 0.15) is 41.5 Å². The molecule has 0 aromatic carbocycles. The zero-order chi connectivity index (χ0) is 25.3. The van der Waals surface area contributed by atoms with Gasteiger partial charge < -0.3 is 24.1 Å². The third kappa shape index (κ3) is 11.8. The number of nitrogens with zero attached hydrogens (tertiary/aromatic N) is 2. The van der Waals surface area contributed by atoms with E-state index in [0.717, 1.165) is 22.9 Å². The third-order valence-electron chi connectivity index (χ3n) is 5.57. The molecule has 11 heteroatoms. The molecule has 1 saturated carbocycles. The topological polar surface area (TPSA) is 156 Å². The molecule has 0 spiro atoms. The van der Waals surface area contributed by atoms with Gasteiger partial charge in [-0.2, -0.15) is 0 Å². The predicted octanol–water partition coefficient (Wildman–Crippen LogP) is 3.56. The van der Waals surface area contributed by atoms with Crippen LogP contribution in [0.4, 0.5) is 0 Å². The molecule has 1 aliphatic rings. The zero-order valence-corrected chi connectivity index (χ0v) is 23.6. The van der Waals surface area contributed by atoms with Gasteiger partial charge in [-0.3, -0.25) is 18.4 Å². The summed E-state index contributed by atoms with van der Waals surface area (Å²) in [6.45, 7) is 13.3. The molecule has 1 aliphatic carbocycles. The Morgan fingerprint density at radius 2 is 0.886 bits per heavy atom. The van der Waals surface area contributed by atoms with Crippen molar-refractivity contribution in [3.05, 3.63) is 72.2 Å². The predicted molar refractivity (Wildman–Crippen MR) is 128 cm³/mol. The molecule has 0 amide bonds. The fraction of sp³-hybridized carbons (Fsp3) is 0.333. The molecule has 2 aromatic heterocycles. The van der Waals surface area contributed by atoms with Crippen molar-refractivity contribution in [3.8, 4) is 22.9 Å². The van der Waals surface area contributed by atoms with Gasteiger partial charge in [0.05, 0.1) is 25.6 Å². The van der Waals surface area contributed by atoms with Crippen molar-refractivity contribution >= 4 is 10.4 Å². The average molecular weight is 594 g/mol. The van der Waals surface area contributed by atoms with Gasteiger partial charge in [-0.05, 0) is 47.6 Å². The molecule has 6 radical (unpaired) electrons. The van der Waals surface area contributed by atoms with Crippen LogP contribution in [-0.4, -0.2) is 47.2 Å². The van der Waals surface area contributed by atoms with E-state index < -0.39 is 10.4 Å². The van der Waals surface area contributed by atoms with E-state index in [1.54, 1.807) is 38.7 Å². The molecule has 2 N–H and O–H groups in total. The first-order valence-electron chi connectivity index (χ1n) is 10.0. The van der Waals surface area contributed by atoms with Crippen LogP contribution < -0.4 is 9.47 Å². The summed E-state index contributed by atoms with van der Waals surface area (Å²) in [5.74, 6) is 10.2. The molecule has 2 heterocycles. The summed E-state index contributed by atoms with van der Waals surface area (Å²) in [5, 5.41) is 0. The second-order valence-corrected chi connectivity index (χ2v) is 8.14. The van der Waals surface area contributed by atoms with Gasteiger partial charge in [-0.15, -0.1) is 0 Å². The molecule has 0 atom stereocenters. The van der Waals surface area contributed by atoms with Crippen molar-refractivity contribution in [1.29, 1.82) is 0 Å². The molecular formula is C24H32N2O7RuS. The Morgan fingerprint density at radius 1 is 0.657 bits per heavy atom. The van der Waals surface area contributed by atoms with Crippen LogP contribution >= 0.6 is 0 Å². The van der Waals surface area contributed by atoms with Crippen LogP contribution in [-0.2, 0) is 29.9 Å². The van der Waals surface area contributed by atoms with Gasteiger partial charge in [0, 0.05) is 34.9 Å². The van der Waals surface area contributed by atoms with Crippen LogP contribution in [0.15, 0.2) is 36.7 Å². The molecular weight excluding hydrogens is 561 g/mol. The van der Waals surface area contributed by atoms with Gasteiger partial charge in [0.25, 0.3) is 0 Å². The van der Waals surface area contributed by atoms with Crippen molar-refractivity contribution in [3.63, 3.8) is 0 Å². The van der Waals surface area contributed by atoms with E-state index in [1.807, 2.05) is 12.1 Å². The Labute approximate surface area is 222 Å². The van der Waals surface area contributed by atoms with E-state index in [9.17, 15) is 0 Å². The van der Waals surface area contributed by atoms with E-state index in [1.165, 1.54) is 35.5 Å². The van der Waals surface area contributed by atoms with E-state index >= 15 is 0 Å². The molecule has 0 aliphatic heterocycles. The van der Waals surface area contributed by atoms with Crippen LogP contribution in [0.25, 0.3) is 11.4 Å². The molecule has 1 fully saturated rings. The van der Waals surface area contributed by atoms with E-state index in [-0.39, 0.29) is 25.0 Å². The van der Waals surface area contributed by atoms with Gasteiger partial charge in [-0.25, -0.2) is 0 Å². The van der Waals surface area contributed by atoms with Gasteiger partial charge in [0.15, 0.2) is 0 Å². The van der Waals surface area contributed by atoms with Gasteiger partial charge in [0.2, 0.25) is 0 Å². The summed E-state index contributed by atoms with van der Waals surface area (Å²) in [6, 6.07) is 7.26. The van der Waals surface area contributed by atoms with Crippen LogP contribution in [0.3, 0.4) is 0 Å². The second-order valence-electron chi connectivity index (χ2n) is 7.32. The Hall–Kier alpha value is -1.65. The number of pyridine rings is 2. The minimum atomic E-state index is -5.17. The molecule has 0 saturated heterocycles. The summed E-state index contributed by atoms with van der Waals surface area (Å²) in [4.78, 5) is 8.47. The Bertz CT molecular complexity index is 866. The summed E-state index contributed by atoms with van der Waals surface area (Å²) in [5.41, 5.74) is 1.52. The van der Waals surface area contributed by atoms with Gasteiger partial charge >= 0.3 is 19.5 Å². The number of ether oxygens (including phenoxy) is 2. The Kier molecular flexibility index (Phi) is 16.4. The van der Waals surface area contributed by atoms with Crippen molar-refractivity contribution in [1.82, 2.24) is 9.97 Å². The summed E-state index contributed by atoms with van der Waals surface area (Å²) >= 11 is 0. The summed E-state index contributed by atoms with van der Waals surface area (Å²) in [6.07, 6.45) is 3.38. The van der Waals surface area contributed by atoms with E-state index in [2.05, 4.69) is 51.5 Å². The maximum atomic E-state index is 8.52. The minimum Gasteiger partial charge on any atom is -0.759 e. The molecule has 35 heavy (non-hydrogen) atoms. The number of methoxy groups -OCH3 is 2. The molecule has 0 unspecified atom stereocenters. The monoisotopic (exact) mass is 594 g/mol. The first-order valence-corrected chi connectivity index (χ1v) is 11.3. The first-order chi connectivity index (χ1) is 15.3. The van der Waals surface area contributed by atoms with E-state index in [0.29, 0.717) is 0 Å². The van der Waals surface area contributed by atoms with Crippen LogP contribution in [0.5, 0.6) is 11.5 Å². The molecule has 9 nitrogen and oxygen atoms in total. The maximum Gasteiger partial charge on any atom is 2.00 e. The molecule has 0 bridgehead atoms. The number of aromatic nitrogens is 2. The second kappa shape index (κ2) is 16.2. The summed E-state index contributed by atoms with van der Waals surface area (Å²) in [7, 11) is -1.92. The largest absolute Gasteiger partial charge is 2.00 e. The van der Waals surface area contributed by atoms with E-state index in [4.69, 9.17) is 27.0 Å². The van der Waals surface area contributed by atoms with Gasteiger partial charge in [0.1, 0.15) is 11.5 Å². The normalized spacial score (nSPS) is 15.9. The zero-order valence-electron chi connectivity index (χ0n) is 21.1. The number of rotatable bonds is 3. The van der Waals surface area contributed by atoms with Crippen LogP contribution in [0, 0.1) is 35.5 Å². The third-order valence-corrected chi connectivity index (χ3v) is 5.57. The quantitative estimate of drug-likeness (QED) is 0.297. The van der Waals surface area contributed by atoms with Crippen molar-refractivity contribution in [2.75, 3.05) is 14.2 Å². The fourth-order valence-corrected chi connectivity index (χ4v) is 3.04. The Balaban J connectivity index is 0. The SMILES string of the molecule is COc1ccnc(-c2cc(OC)ccn2)c1.C[C]1[C](C)[C](C)[C](C)[C](C)[C]1C.O.O=S(=O)([O-])[O-].[Ru+2]. The molecule has 2 aromatic rings. The fourth-order valence-electron chi connectivity index (χ4n) is 3.04. The number of hydrogen-bond donors (Lipinski definition) is 0. The van der Waals surface area contributed by atoms with Crippen LogP contribution in [0.2, 0.25) is 0 Å². The average Bonchev–Trinajstić information content (AvgIpc) is 2.79. The molecule has 194 valence electrons. The minimum absolute atomic E-state index is 0. The van der Waals surface area contributed by atoms with Crippen molar-refractivity contribution in [2.45, 2.75) is 41.5 Å². The smallest absolute Gasteiger partial charge is 0.759 e. The molecule has 3 rings (SSSR count). The maximum absolute atomic E-state index is 8.52. The van der Waals surface area contributed by atoms with Crippen molar-refractivity contribution < 1.29 is 52.0 Å². The Morgan fingerprint density at radius 3 is 1.09 bits per heavy atom. The van der Waals surface area contributed by atoms with Gasteiger partial charge in [-0.1, -0.05) is 41.5 Å².